The molecule has 0 saturated carbocycles. The highest BCUT2D eigenvalue weighted by Gasteiger charge is 2.40. The minimum absolute atomic E-state index is 0.276. The van der Waals surface area contributed by atoms with Crippen LogP contribution in [-0.2, 0) is 4.84 Å². The summed E-state index contributed by atoms with van der Waals surface area (Å²) in [5.41, 5.74) is 2.72. The summed E-state index contributed by atoms with van der Waals surface area (Å²) in [4.78, 5) is 4.28. The van der Waals surface area contributed by atoms with Crippen LogP contribution >= 0.6 is 0 Å². The Kier molecular flexibility index (Phi) is 4.75. The summed E-state index contributed by atoms with van der Waals surface area (Å²) in [7, 11) is 0. The number of fused-ring (bicyclic) bond motifs is 1. The summed E-state index contributed by atoms with van der Waals surface area (Å²) < 4.78 is 39.3. The molecule has 1 atom stereocenters. The quantitative estimate of drug-likeness (QED) is 0.665. The van der Waals surface area contributed by atoms with Gasteiger partial charge in [0, 0.05) is 11.3 Å². The maximum absolute atomic E-state index is 13.1. The number of benzene rings is 3. The van der Waals surface area contributed by atoms with Crippen molar-refractivity contribution in [3.8, 4) is 0 Å². The predicted octanol–water partition coefficient (Wildman–Crippen LogP) is 5.32. The number of halogens is 3. The Hall–Kier alpha value is -3.32. The van der Waals surface area contributed by atoms with E-state index in [1.165, 1.54) is 0 Å². The topological polar surface area (TPSA) is 36.9 Å². The molecule has 1 aliphatic rings. The third-order valence-corrected chi connectivity index (χ3v) is 4.28. The molecule has 4 rings (SSSR count). The smallest absolute Gasteiger partial charge is 0.338 e. The van der Waals surface area contributed by atoms with Gasteiger partial charge in [-0.05, 0) is 23.3 Å². The van der Waals surface area contributed by atoms with Crippen LogP contribution in [0.4, 0.5) is 18.9 Å². The van der Waals surface area contributed by atoms with E-state index in [9.17, 15) is 13.2 Å². The Morgan fingerprint density at radius 1 is 0.821 bits per heavy atom. The lowest BCUT2D eigenvalue weighted by atomic mass is 9.93. The summed E-state index contributed by atoms with van der Waals surface area (Å²) in [6.45, 7) is 0. The van der Waals surface area contributed by atoms with Crippen LogP contribution in [0.1, 0.15) is 22.7 Å². The van der Waals surface area contributed by atoms with Crippen molar-refractivity contribution in [2.75, 3.05) is 5.32 Å². The Bertz CT molecular complexity index is 975. The summed E-state index contributed by atoms with van der Waals surface area (Å²) >= 11 is 0. The monoisotopic (exact) mass is 383 g/mol. The van der Waals surface area contributed by atoms with Crippen molar-refractivity contribution in [1.82, 2.24) is 5.17 Å². The van der Waals surface area contributed by atoms with E-state index in [1.807, 2.05) is 42.5 Å². The second-order valence-corrected chi connectivity index (χ2v) is 6.18. The number of nitrogens with zero attached hydrogens (tertiary/aromatic N) is 2. The van der Waals surface area contributed by atoms with E-state index < -0.39 is 12.4 Å². The summed E-state index contributed by atoms with van der Waals surface area (Å²) in [6.07, 6.45) is -4.87. The first-order chi connectivity index (χ1) is 13.5. The van der Waals surface area contributed by atoms with Crippen LogP contribution in [-0.4, -0.2) is 17.4 Å². The van der Waals surface area contributed by atoms with Gasteiger partial charge in [0.15, 0.2) is 5.84 Å². The van der Waals surface area contributed by atoms with Gasteiger partial charge in [0.25, 0.3) is 0 Å². The van der Waals surface area contributed by atoms with Gasteiger partial charge in [0.2, 0.25) is 0 Å². The SMILES string of the molecule is FC(F)(F)ON1N=C(Nc2ccccc2)c2ccccc2C1c1ccccc1. The van der Waals surface area contributed by atoms with E-state index in [2.05, 4.69) is 15.3 Å². The van der Waals surface area contributed by atoms with E-state index in [1.54, 1.807) is 42.5 Å². The number of alkyl halides is 3. The van der Waals surface area contributed by atoms with E-state index >= 15 is 0 Å². The fraction of sp³-hybridized carbons (Fsp3) is 0.0952. The Balaban J connectivity index is 1.82. The molecule has 4 nitrogen and oxygen atoms in total. The number of hydrogen-bond acceptors (Lipinski definition) is 4. The van der Waals surface area contributed by atoms with Crippen molar-refractivity contribution in [2.24, 2.45) is 5.10 Å². The average molecular weight is 383 g/mol. The molecule has 0 aliphatic carbocycles. The van der Waals surface area contributed by atoms with Crippen molar-refractivity contribution in [3.05, 3.63) is 102 Å². The fourth-order valence-corrected chi connectivity index (χ4v) is 3.15. The van der Waals surface area contributed by atoms with Crippen molar-refractivity contribution >= 4 is 11.5 Å². The van der Waals surface area contributed by atoms with Crippen LogP contribution < -0.4 is 5.32 Å². The maximum Gasteiger partial charge on any atom is 0.545 e. The highest BCUT2D eigenvalue weighted by atomic mass is 19.4. The van der Waals surface area contributed by atoms with Crippen LogP contribution in [0.3, 0.4) is 0 Å². The first-order valence-electron chi connectivity index (χ1n) is 8.61. The van der Waals surface area contributed by atoms with Gasteiger partial charge in [-0.25, -0.2) is 0 Å². The summed E-state index contributed by atoms with van der Waals surface area (Å²) in [5.74, 6) is 0.276. The van der Waals surface area contributed by atoms with E-state index in [0.717, 1.165) is 0 Å². The maximum atomic E-state index is 13.1. The number of rotatable bonds is 3. The predicted molar refractivity (Wildman–Crippen MR) is 100 cm³/mol. The normalized spacial score (nSPS) is 16.3. The second kappa shape index (κ2) is 7.36. The van der Waals surface area contributed by atoms with Crippen LogP contribution in [0.15, 0.2) is 90.0 Å². The van der Waals surface area contributed by atoms with Crippen molar-refractivity contribution in [1.29, 1.82) is 0 Å². The number of nitrogens with one attached hydrogen (secondary N) is 1. The molecular weight excluding hydrogens is 367 g/mol. The van der Waals surface area contributed by atoms with Gasteiger partial charge in [-0.3, -0.25) is 0 Å². The number of hydrazone groups is 1. The van der Waals surface area contributed by atoms with Gasteiger partial charge in [0.05, 0.1) is 0 Å². The van der Waals surface area contributed by atoms with Crippen LogP contribution in [0.5, 0.6) is 0 Å². The molecule has 0 radical (unpaired) electrons. The molecule has 1 aliphatic heterocycles. The zero-order valence-corrected chi connectivity index (χ0v) is 14.6. The first-order valence-corrected chi connectivity index (χ1v) is 8.61. The Morgan fingerprint density at radius 2 is 1.43 bits per heavy atom. The zero-order valence-electron chi connectivity index (χ0n) is 14.6. The molecule has 7 heteroatoms. The number of hydroxylamine groups is 1. The number of hydrogen-bond donors (Lipinski definition) is 1. The van der Waals surface area contributed by atoms with Gasteiger partial charge in [-0.1, -0.05) is 72.8 Å². The molecule has 142 valence electrons. The van der Waals surface area contributed by atoms with Crippen molar-refractivity contribution in [2.45, 2.75) is 12.4 Å². The molecule has 28 heavy (non-hydrogen) atoms. The number of anilines is 1. The lowest BCUT2D eigenvalue weighted by Crippen LogP contribution is -2.38. The Morgan fingerprint density at radius 3 is 2.11 bits per heavy atom. The highest BCUT2D eigenvalue weighted by molar-refractivity contribution is 6.09. The highest BCUT2D eigenvalue weighted by Crippen LogP contribution is 2.37. The van der Waals surface area contributed by atoms with Crippen LogP contribution in [0.25, 0.3) is 0 Å². The molecule has 3 aromatic carbocycles. The minimum Gasteiger partial charge on any atom is -0.338 e. The molecule has 0 aromatic heterocycles. The van der Waals surface area contributed by atoms with E-state index in [0.29, 0.717) is 27.5 Å². The standard InChI is InChI=1S/C21H16F3N3O/c22-21(23,24)28-27-19(15-9-3-1-4-10-15)17-13-7-8-14-18(17)20(26-27)25-16-11-5-2-6-12-16/h1-14,19H,(H,25,26). The van der Waals surface area contributed by atoms with Crippen molar-refractivity contribution < 1.29 is 18.0 Å². The molecule has 3 aromatic rings. The Labute approximate surface area is 159 Å². The molecule has 0 fully saturated rings. The third kappa shape index (κ3) is 3.84. The van der Waals surface area contributed by atoms with Gasteiger partial charge in [-0.15, -0.1) is 23.4 Å². The van der Waals surface area contributed by atoms with Gasteiger partial charge in [0.1, 0.15) is 6.04 Å². The zero-order chi connectivity index (χ0) is 19.6. The molecule has 0 amide bonds. The van der Waals surface area contributed by atoms with Crippen LogP contribution in [0.2, 0.25) is 0 Å². The average Bonchev–Trinajstić information content (AvgIpc) is 2.68. The van der Waals surface area contributed by atoms with Crippen molar-refractivity contribution in [3.63, 3.8) is 0 Å². The molecule has 1 unspecified atom stereocenters. The minimum atomic E-state index is -4.87. The van der Waals surface area contributed by atoms with Gasteiger partial charge < -0.3 is 5.32 Å². The fourth-order valence-electron chi connectivity index (χ4n) is 3.15. The molecular formula is C21H16F3N3O. The third-order valence-electron chi connectivity index (χ3n) is 4.28. The molecule has 0 spiro atoms. The second-order valence-electron chi connectivity index (χ2n) is 6.18. The van der Waals surface area contributed by atoms with Gasteiger partial charge >= 0.3 is 6.36 Å². The summed E-state index contributed by atoms with van der Waals surface area (Å²) in [5, 5.41) is 7.86. The number of para-hydroxylation sites is 1. The van der Waals surface area contributed by atoms with Crippen LogP contribution in [0, 0.1) is 0 Å². The lowest BCUT2D eigenvalue weighted by Gasteiger charge is -2.34. The molecule has 1 heterocycles. The summed E-state index contributed by atoms with van der Waals surface area (Å²) in [6, 6.07) is 24.3. The lowest BCUT2D eigenvalue weighted by molar-refractivity contribution is -0.422. The first kappa shape index (κ1) is 18.1. The molecule has 0 saturated heterocycles. The van der Waals surface area contributed by atoms with E-state index in [4.69, 9.17) is 0 Å². The van der Waals surface area contributed by atoms with E-state index in [-0.39, 0.29) is 5.84 Å². The number of amidine groups is 1. The van der Waals surface area contributed by atoms with Gasteiger partial charge in [-0.2, -0.15) is 4.84 Å². The molecule has 0 bridgehead atoms. The largest absolute Gasteiger partial charge is 0.545 e. The molecule has 1 N–H and O–H groups in total.